The van der Waals surface area contributed by atoms with Crippen LogP contribution in [-0.4, -0.2) is 23.6 Å². The lowest BCUT2D eigenvalue weighted by atomic mass is 10.3. The molecule has 212 valence electrons. The Bertz CT molecular complexity index is 1590. The summed E-state index contributed by atoms with van der Waals surface area (Å²) >= 11 is 0. The molecule has 0 aromatic heterocycles. The fourth-order valence-corrected chi connectivity index (χ4v) is 7.93. The highest BCUT2D eigenvalue weighted by atomic mass is 33.1. The first-order chi connectivity index (χ1) is 20.9. The molecule has 0 saturated heterocycles. The quantitative estimate of drug-likeness (QED) is 0.127. The van der Waals surface area contributed by atoms with Crippen molar-refractivity contribution in [2.45, 2.75) is 19.6 Å². The van der Waals surface area contributed by atoms with Crippen LogP contribution in [0.15, 0.2) is 141 Å². The van der Waals surface area contributed by atoms with E-state index in [4.69, 9.17) is 4.74 Å². The van der Waals surface area contributed by atoms with Crippen molar-refractivity contribution in [1.82, 2.24) is 0 Å². The van der Waals surface area contributed by atoms with Gasteiger partial charge in [0.05, 0.1) is 11.4 Å². The summed E-state index contributed by atoms with van der Waals surface area (Å²) in [6.45, 7) is 0. The normalized spacial score (nSPS) is 14.3. The zero-order valence-electron chi connectivity index (χ0n) is 22.1. The highest BCUT2D eigenvalue weighted by Gasteiger charge is 2.25. The topological polar surface area (TPSA) is 84.0 Å². The lowest BCUT2D eigenvalue weighted by Crippen LogP contribution is -2.29. The van der Waals surface area contributed by atoms with Gasteiger partial charge in [-0.1, -0.05) is 43.2 Å². The second-order valence-corrected chi connectivity index (χ2v) is 13.6. The summed E-state index contributed by atoms with van der Waals surface area (Å²) in [4.78, 5) is 53.8. The van der Waals surface area contributed by atoms with Gasteiger partial charge in [-0.25, -0.2) is 9.80 Å². The summed E-state index contributed by atoms with van der Waals surface area (Å²) < 4.78 is 6.01. The highest BCUT2D eigenvalue weighted by molar-refractivity contribution is 8.77. The maximum absolute atomic E-state index is 11.8. The fourth-order valence-electron chi connectivity index (χ4n) is 4.07. The standard InChI is InChI=1S/C32H20N2O5S4/c35-29-17-18-30(36)33(29)21-1-9-25(10-2-21)40-42-27-13-5-23(6-14-27)39-24-7-15-28(16-8-24)43-41-26-11-3-22(4-12-26)34-31(37)19-20-32(34)38/h1-20H. The molecular formula is C32H20N2O5S4. The van der Waals surface area contributed by atoms with Crippen molar-refractivity contribution in [2.75, 3.05) is 9.80 Å². The van der Waals surface area contributed by atoms with Crippen molar-refractivity contribution in [3.63, 3.8) is 0 Å². The predicted molar refractivity (Wildman–Crippen MR) is 173 cm³/mol. The van der Waals surface area contributed by atoms with Crippen LogP contribution in [0, 0.1) is 0 Å². The number of hydrogen-bond acceptors (Lipinski definition) is 9. The Morgan fingerprint density at radius 2 is 0.628 bits per heavy atom. The molecule has 2 aliphatic rings. The van der Waals surface area contributed by atoms with E-state index in [1.165, 1.54) is 24.3 Å². The SMILES string of the molecule is O=C1C=CC(=O)N1c1ccc(SSc2ccc(Oc3ccc(SSc4ccc(N5C(=O)C=CC5=O)cc4)cc3)cc2)cc1. The lowest BCUT2D eigenvalue weighted by molar-refractivity contribution is -0.121. The van der Waals surface area contributed by atoms with Crippen LogP contribution in [-0.2, 0) is 19.2 Å². The van der Waals surface area contributed by atoms with E-state index in [-0.39, 0.29) is 23.6 Å². The summed E-state index contributed by atoms with van der Waals surface area (Å²) in [5, 5.41) is 0. The average Bonchev–Trinajstić information content (AvgIpc) is 3.55. The minimum absolute atomic E-state index is 0.328. The average molecular weight is 641 g/mol. The molecule has 2 heterocycles. The van der Waals surface area contributed by atoms with E-state index in [1.807, 2.05) is 72.8 Å². The molecule has 4 aromatic rings. The molecular weight excluding hydrogens is 621 g/mol. The molecule has 11 heteroatoms. The third-order valence-electron chi connectivity index (χ3n) is 6.16. The van der Waals surface area contributed by atoms with Gasteiger partial charge in [0.1, 0.15) is 11.5 Å². The van der Waals surface area contributed by atoms with Crippen LogP contribution in [0.3, 0.4) is 0 Å². The van der Waals surface area contributed by atoms with Crippen molar-refractivity contribution in [2.24, 2.45) is 0 Å². The molecule has 0 atom stereocenters. The number of carbonyl (C=O) groups is 4. The molecule has 0 radical (unpaired) electrons. The Hall–Kier alpha value is -4.16. The van der Waals surface area contributed by atoms with Crippen LogP contribution >= 0.6 is 43.2 Å². The Kier molecular flexibility index (Phi) is 8.75. The van der Waals surface area contributed by atoms with E-state index >= 15 is 0 Å². The van der Waals surface area contributed by atoms with E-state index in [0.29, 0.717) is 11.4 Å². The molecule has 0 unspecified atom stereocenters. The zero-order chi connectivity index (χ0) is 29.8. The zero-order valence-corrected chi connectivity index (χ0v) is 25.4. The number of benzene rings is 4. The number of imide groups is 2. The molecule has 2 aliphatic heterocycles. The number of rotatable bonds is 10. The Morgan fingerprint density at radius 1 is 0.372 bits per heavy atom. The maximum atomic E-state index is 11.8. The lowest BCUT2D eigenvalue weighted by Gasteiger charge is -2.14. The number of amides is 4. The van der Waals surface area contributed by atoms with Crippen molar-refractivity contribution in [3.8, 4) is 11.5 Å². The van der Waals surface area contributed by atoms with Crippen molar-refractivity contribution >= 4 is 78.2 Å². The van der Waals surface area contributed by atoms with Crippen LogP contribution < -0.4 is 14.5 Å². The van der Waals surface area contributed by atoms with Crippen LogP contribution in [0.5, 0.6) is 11.5 Å². The predicted octanol–water partition coefficient (Wildman–Crippen LogP) is 7.94. The molecule has 0 N–H and O–H groups in total. The molecule has 7 nitrogen and oxygen atoms in total. The maximum Gasteiger partial charge on any atom is 0.258 e. The van der Waals surface area contributed by atoms with Gasteiger partial charge in [-0.2, -0.15) is 0 Å². The number of anilines is 2. The van der Waals surface area contributed by atoms with E-state index in [9.17, 15) is 19.2 Å². The molecule has 43 heavy (non-hydrogen) atoms. The molecule has 4 aromatic carbocycles. The Labute approximate surface area is 263 Å². The van der Waals surface area contributed by atoms with Gasteiger partial charge in [0.15, 0.2) is 0 Å². The molecule has 0 aliphatic carbocycles. The molecule has 6 rings (SSSR count). The summed E-state index contributed by atoms with van der Waals surface area (Å²) in [5.41, 5.74) is 1.11. The Balaban J connectivity index is 0.964. The van der Waals surface area contributed by atoms with Crippen LogP contribution in [0.2, 0.25) is 0 Å². The summed E-state index contributed by atoms with van der Waals surface area (Å²) in [7, 11) is 6.37. The smallest absolute Gasteiger partial charge is 0.258 e. The summed E-state index contributed by atoms with van der Waals surface area (Å²) in [6.07, 6.45) is 5.10. The molecule has 0 bridgehead atoms. The summed E-state index contributed by atoms with van der Waals surface area (Å²) in [5.74, 6) is 0.147. The van der Waals surface area contributed by atoms with Gasteiger partial charge in [-0.15, -0.1) is 0 Å². The van der Waals surface area contributed by atoms with Gasteiger partial charge in [-0.05, 0) is 97.1 Å². The minimum Gasteiger partial charge on any atom is -0.457 e. The minimum atomic E-state index is -0.328. The third-order valence-corrected chi connectivity index (χ3v) is 11.0. The Morgan fingerprint density at radius 3 is 0.907 bits per heavy atom. The first-order valence-electron chi connectivity index (χ1n) is 12.8. The van der Waals surface area contributed by atoms with E-state index in [0.717, 1.165) is 40.9 Å². The van der Waals surface area contributed by atoms with Gasteiger partial charge >= 0.3 is 0 Å². The van der Waals surface area contributed by atoms with Crippen molar-refractivity contribution in [3.05, 3.63) is 121 Å². The second kappa shape index (κ2) is 13.0. The highest BCUT2D eigenvalue weighted by Crippen LogP contribution is 2.40. The van der Waals surface area contributed by atoms with Crippen molar-refractivity contribution in [1.29, 1.82) is 0 Å². The van der Waals surface area contributed by atoms with E-state index in [1.54, 1.807) is 67.4 Å². The third kappa shape index (κ3) is 6.91. The van der Waals surface area contributed by atoms with E-state index < -0.39 is 0 Å². The molecule has 0 fully saturated rings. The van der Waals surface area contributed by atoms with Gasteiger partial charge in [0.2, 0.25) is 0 Å². The number of nitrogens with zero attached hydrogens (tertiary/aromatic N) is 2. The van der Waals surface area contributed by atoms with Gasteiger partial charge < -0.3 is 4.74 Å². The number of hydrogen-bond donors (Lipinski definition) is 0. The monoisotopic (exact) mass is 640 g/mol. The fraction of sp³-hybridized carbons (Fsp3) is 0. The van der Waals surface area contributed by atoms with Gasteiger partial charge in [0, 0.05) is 43.9 Å². The molecule has 0 saturated carbocycles. The van der Waals surface area contributed by atoms with Crippen LogP contribution in [0.4, 0.5) is 11.4 Å². The van der Waals surface area contributed by atoms with Crippen LogP contribution in [0.1, 0.15) is 0 Å². The number of carbonyl (C=O) groups excluding carboxylic acids is 4. The van der Waals surface area contributed by atoms with Crippen LogP contribution in [0.25, 0.3) is 0 Å². The molecule has 0 spiro atoms. The molecule has 4 amide bonds. The van der Waals surface area contributed by atoms with Crippen molar-refractivity contribution < 1.29 is 23.9 Å². The summed E-state index contributed by atoms with van der Waals surface area (Å²) in [6, 6.07) is 30.3. The number of ether oxygens (including phenoxy) is 1. The first kappa shape index (κ1) is 28.9. The second-order valence-electron chi connectivity index (χ2n) is 9.06. The van der Waals surface area contributed by atoms with Gasteiger partial charge in [0.25, 0.3) is 23.6 Å². The first-order valence-corrected chi connectivity index (χ1v) is 17.1. The van der Waals surface area contributed by atoms with Gasteiger partial charge in [-0.3, -0.25) is 19.2 Å². The largest absolute Gasteiger partial charge is 0.457 e. The van der Waals surface area contributed by atoms with E-state index in [2.05, 4.69) is 0 Å².